The molecule has 0 aromatic carbocycles. The monoisotopic (exact) mass is 266 g/mol. The highest BCUT2D eigenvalue weighted by Gasteiger charge is 2.37. The first-order valence-corrected chi connectivity index (χ1v) is 8.48. The van der Waals surface area contributed by atoms with E-state index in [1.165, 1.54) is 64.5 Å². The van der Waals surface area contributed by atoms with Gasteiger partial charge in [0.15, 0.2) is 0 Å². The number of fused-ring (bicyclic) bond motifs is 1. The van der Waals surface area contributed by atoms with Crippen molar-refractivity contribution < 1.29 is 4.74 Å². The number of nitrogens with one attached hydrogen (secondary N) is 1. The third-order valence-electron chi connectivity index (χ3n) is 5.28. The Morgan fingerprint density at radius 2 is 2.11 bits per heavy atom. The zero-order valence-electron chi connectivity index (χ0n) is 12.4. The summed E-state index contributed by atoms with van der Waals surface area (Å²) in [7, 11) is 0. The fraction of sp³-hybridized carbons (Fsp3) is 1.00. The average Bonchev–Trinajstić information content (AvgIpc) is 2.83. The summed E-state index contributed by atoms with van der Waals surface area (Å²) >= 11 is 0. The normalized spacial score (nSPS) is 40.3. The van der Waals surface area contributed by atoms with Crippen LogP contribution in [0.3, 0.4) is 0 Å². The number of hydrogen-bond donors (Lipinski definition) is 1. The summed E-state index contributed by atoms with van der Waals surface area (Å²) in [6.07, 6.45) is 11.1. The molecule has 4 atom stereocenters. The fourth-order valence-corrected chi connectivity index (χ4v) is 4.30. The van der Waals surface area contributed by atoms with Gasteiger partial charge in [-0.05, 0) is 45.1 Å². The maximum atomic E-state index is 5.87. The van der Waals surface area contributed by atoms with E-state index in [-0.39, 0.29) is 0 Å². The van der Waals surface area contributed by atoms with Crippen LogP contribution in [0.15, 0.2) is 0 Å². The SMILES string of the molecule is CCCC1CC(NC2CCN3CCCCC23)CCO1. The molecule has 1 N–H and O–H groups in total. The Labute approximate surface area is 118 Å². The van der Waals surface area contributed by atoms with E-state index in [2.05, 4.69) is 17.1 Å². The van der Waals surface area contributed by atoms with E-state index in [4.69, 9.17) is 4.74 Å². The van der Waals surface area contributed by atoms with Crippen LogP contribution in [0, 0.1) is 0 Å². The van der Waals surface area contributed by atoms with Crippen molar-refractivity contribution in [2.75, 3.05) is 19.7 Å². The lowest BCUT2D eigenvalue weighted by atomic mass is 9.95. The topological polar surface area (TPSA) is 24.5 Å². The summed E-state index contributed by atoms with van der Waals surface area (Å²) in [6, 6.07) is 2.30. The Morgan fingerprint density at radius 3 is 3.00 bits per heavy atom. The van der Waals surface area contributed by atoms with Crippen LogP contribution in [0.2, 0.25) is 0 Å². The molecule has 0 aromatic rings. The second-order valence-electron chi connectivity index (χ2n) is 6.66. The Kier molecular flexibility index (Phi) is 4.78. The van der Waals surface area contributed by atoms with E-state index in [1.54, 1.807) is 0 Å². The molecule has 3 aliphatic rings. The van der Waals surface area contributed by atoms with Gasteiger partial charge in [-0.15, -0.1) is 0 Å². The van der Waals surface area contributed by atoms with Gasteiger partial charge in [0.1, 0.15) is 0 Å². The van der Waals surface area contributed by atoms with Crippen molar-refractivity contribution in [2.45, 2.75) is 82.5 Å². The molecule has 0 amide bonds. The van der Waals surface area contributed by atoms with Gasteiger partial charge in [-0.25, -0.2) is 0 Å². The first-order chi connectivity index (χ1) is 9.36. The van der Waals surface area contributed by atoms with Crippen molar-refractivity contribution in [3.63, 3.8) is 0 Å². The maximum absolute atomic E-state index is 5.87. The van der Waals surface area contributed by atoms with Crippen LogP contribution in [0.5, 0.6) is 0 Å². The Bertz CT molecular complexity index is 282. The fourth-order valence-electron chi connectivity index (χ4n) is 4.30. The minimum atomic E-state index is 0.514. The number of hydrogen-bond acceptors (Lipinski definition) is 3. The molecular weight excluding hydrogens is 236 g/mol. The predicted molar refractivity (Wildman–Crippen MR) is 78.4 cm³/mol. The third-order valence-corrected chi connectivity index (χ3v) is 5.28. The number of piperidine rings is 1. The van der Waals surface area contributed by atoms with Crippen LogP contribution >= 0.6 is 0 Å². The van der Waals surface area contributed by atoms with Gasteiger partial charge in [0.2, 0.25) is 0 Å². The van der Waals surface area contributed by atoms with Crippen molar-refractivity contribution in [1.29, 1.82) is 0 Å². The van der Waals surface area contributed by atoms with Crippen LogP contribution in [0.4, 0.5) is 0 Å². The van der Waals surface area contributed by atoms with Crippen LogP contribution in [-0.4, -0.2) is 48.8 Å². The van der Waals surface area contributed by atoms with E-state index in [9.17, 15) is 0 Å². The molecule has 19 heavy (non-hydrogen) atoms. The van der Waals surface area contributed by atoms with Gasteiger partial charge < -0.3 is 10.1 Å². The number of rotatable bonds is 4. The van der Waals surface area contributed by atoms with E-state index < -0.39 is 0 Å². The highest BCUT2D eigenvalue weighted by Crippen LogP contribution is 2.28. The molecule has 110 valence electrons. The molecule has 3 nitrogen and oxygen atoms in total. The van der Waals surface area contributed by atoms with Crippen molar-refractivity contribution in [3.8, 4) is 0 Å². The van der Waals surface area contributed by atoms with Gasteiger partial charge in [-0.2, -0.15) is 0 Å². The van der Waals surface area contributed by atoms with Crippen LogP contribution in [0.1, 0.15) is 58.3 Å². The van der Waals surface area contributed by atoms with E-state index in [1.807, 2.05) is 0 Å². The molecule has 0 radical (unpaired) electrons. The van der Waals surface area contributed by atoms with E-state index in [0.717, 1.165) is 18.7 Å². The quantitative estimate of drug-likeness (QED) is 0.846. The zero-order chi connectivity index (χ0) is 13.1. The van der Waals surface area contributed by atoms with Crippen molar-refractivity contribution in [2.24, 2.45) is 0 Å². The molecule has 0 bridgehead atoms. The van der Waals surface area contributed by atoms with Crippen LogP contribution in [-0.2, 0) is 4.74 Å². The highest BCUT2D eigenvalue weighted by atomic mass is 16.5. The summed E-state index contributed by atoms with van der Waals surface area (Å²) in [5.74, 6) is 0. The summed E-state index contributed by atoms with van der Waals surface area (Å²) < 4.78 is 5.87. The van der Waals surface area contributed by atoms with Gasteiger partial charge in [-0.3, -0.25) is 4.90 Å². The molecule has 3 rings (SSSR count). The maximum Gasteiger partial charge on any atom is 0.0589 e. The van der Waals surface area contributed by atoms with Gasteiger partial charge in [0.25, 0.3) is 0 Å². The van der Waals surface area contributed by atoms with Crippen LogP contribution < -0.4 is 5.32 Å². The number of nitrogens with zero attached hydrogens (tertiary/aromatic N) is 1. The molecule has 3 saturated heterocycles. The molecule has 3 heterocycles. The summed E-state index contributed by atoms with van der Waals surface area (Å²) in [6.45, 7) is 5.89. The molecule has 0 spiro atoms. The Morgan fingerprint density at radius 1 is 1.16 bits per heavy atom. The van der Waals surface area contributed by atoms with Crippen molar-refractivity contribution in [3.05, 3.63) is 0 Å². The van der Waals surface area contributed by atoms with Gasteiger partial charge >= 0.3 is 0 Å². The lowest BCUT2D eigenvalue weighted by Crippen LogP contribution is -2.50. The van der Waals surface area contributed by atoms with E-state index in [0.29, 0.717) is 12.1 Å². The molecule has 3 aliphatic heterocycles. The first-order valence-electron chi connectivity index (χ1n) is 8.48. The average molecular weight is 266 g/mol. The minimum Gasteiger partial charge on any atom is -0.378 e. The van der Waals surface area contributed by atoms with Crippen molar-refractivity contribution >= 4 is 0 Å². The second-order valence-corrected chi connectivity index (χ2v) is 6.66. The molecule has 4 unspecified atom stereocenters. The van der Waals surface area contributed by atoms with Crippen molar-refractivity contribution in [1.82, 2.24) is 10.2 Å². The summed E-state index contributed by atoms with van der Waals surface area (Å²) in [5.41, 5.74) is 0. The Hall–Kier alpha value is -0.120. The molecule has 0 saturated carbocycles. The summed E-state index contributed by atoms with van der Waals surface area (Å²) in [4.78, 5) is 2.73. The standard InChI is InChI=1S/C16H30N2O/c1-2-5-14-12-13(8-11-19-14)17-15-7-10-18-9-4-3-6-16(15)18/h13-17H,2-12H2,1H3. The lowest BCUT2D eigenvalue weighted by molar-refractivity contribution is -0.00609. The van der Waals surface area contributed by atoms with Gasteiger partial charge in [0.05, 0.1) is 6.10 Å². The smallest absolute Gasteiger partial charge is 0.0589 e. The molecule has 3 heteroatoms. The lowest BCUT2D eigenvalue weighted by Gasteiger charge is -2.36. The highest BCUT2D eigenvalue weighted by molar-refractivity contribution is 4.95. The Balaban J connectivity index is 1.50. The molecular formula is C16H30N2O. The van der Waals surface area contributed by atoms with E-state index >= 15 is 0 Å². The molecule has 3 fully saturated rings. The largest absolute Gasteiger partial charge is 0.378 e. The third kappa shape index (κ3) is 3.32. The zero-order valence-corrected chi connectivity index (χ0v) is 12.4. The minimum absolute atomic E-state index is 0.514. The predicted octanol–water partition coefficient (Wildman–Crippen LogP) is 2.55. The van der Waals surface area contributed by atoms with Gasteiger partial charge in [-0.1, -0.05) is 19.8 Å². The second kappa shape index (κ2) is 6.55. The first kappa shape index (κ1) is 13.8. The summed E-state index contributed by atoms with van der Waals surface area (Å²) in [5, 5.41) is 3.98. The molecule has 0 aliphatic carbocycles. The molecule has 0 aromatic heterocycles. The number of ether oxygens (including phenoxy) is 1. The van der Waals surface area contributed by atoms with Gasteiger partial charge in [0, 0.05) is 31.3 Å². The van der Waals surface area contributed by atoms with Crippen LogP contribution in [0.25, 0.3) is 0 Å².